The third-order valence-electron chi connectivity index (χ3n) is 5.65. The molecule has 3 rings (SSSR count). The largest absolute Gasteiger partial charge is 0.464 e. The first-order chi connectivity index (χ1) is 17.6. The lowest BCUT2D eigenvalue weighted by molar-refractivity contribution is -0.153. The summed E-state index contributed by atoms with van der Waals surface area (Å²) < 4.78 is 35.7. The lowest BCUT2D eigenvalue weighted by atomic mass is 9.79. The highest BCUT2D eigenvalue weighted by molar-refractivity contribution is 7.52. The van der Waals surface area contributed by atoms with Gasteiger partial charge in [-0.3, -0.25) is 23.7 Å². The van der Waals surface area contributed by atoms with Gasteiger partial charge in [-0.25, -0.2) is 14.4 Å². The Labute approximate surface area is 225 Å². The summed E-state index contributed by atoms with van der Waals surface area (Å²) in [6.07, 6.45) is -2.45. The second-order valence-electron chi connectivity index (χ2n) is 10.2. The molecule has 1 saturated heterocycles. The second-order valence-corrected chi connectivity index (χ2v) is 12.7. The van der Waals surface area contributed by atoms with Crippen molar-refractivity contribution >= 4 is 33.2 Å². The van der Waals surface area contributed by atoms with Crippen molar-refractivity contribution in [3.63, 3.8) is 0 Å². The van der Waals surface area contributed by atoms with Gasteiger partial charge < -0.3 is 19.1 Å². The van der Waals surface area contributed by atoms with E-state index in [1.54, 1.807) is 58.0 Å². The molecule has 0 amide bonds. The molecule has 2 aromatic rings. The number of H-pyrrole nitrogens is 1. The fourth-order valence-corrected chi connectivity index (χ4v) is 5.40. The van der Waals surface area contributed by atoms with E-state index in [1.807, 2.05) is 0 Å². The van der Waals surface area contributed by atoms with E-state index < -0.39 is 66.2 Å². The summed E-state index contributed by atoms with van der Waals surface area (Å²) in [6, 6.07) is 8.76. The molecule has 1 aromatic carbocycles. The van der Waals surface area contributed by atoms with Crippen LogP contribution in [0.1, 0.15) is 33.9 Å². The number of aromatic amines is 1. The summed E-state index contributed by atoms with van der Waals surface area (Å²) >= 11 is 6.55. The first-order valence-electron chi connectivity index (χ1n) is 11.9. The SMILES string of the molecule is B[C@]1(Cl)[C@H](O)[C@@H](COP(=O)(N[C@@H](C)COC(=O)C(C)(C)C)Oc2ccccc2)O[C@H]1n1ccc(=O)[nH]c1=O. The smallest absolute Gasteiger partial charge is 0.459 e. The fraction of sp³-hybridized carbons (Fsp3) is 0.522. The van der Waals surface area contributed by atoms with Crippen LogP contribution in [-0.2, 0) is 23.4 Å². The lowest BCUT2D eigenvalue weighted by Gasteiger charge is -2.27. The van der Waals surface area contributed by atoms with Gasteiger partial charge >= 0.3 is 19.4 Å². The topological polar surface area (TPSA) is 158 Å². The molecular formula is C23H32BClN3O9P. The Kier molecular flexibility index (Phi) is 9.34. The fourth-order valence-electron chi connectivity index (χ4n) is 3.57. The molecule has 3 N–H and O–H groups in total. The maximum Gasteiger partial charge on any atom is 0.459 e. The lowest BCUT2D eigenvalue weighted by Crippen LogP contribution is -2.45. The van der Waals surface area contributed by atoms with Gasteiger partial charge in [-0.15, -0.1) is 11.6 Å². The maximum atomic E-state index is 13.7. The van der Waals surface area contributed by atoms with E-state index >= 15 is 0 Å². The van der Waals surface area contributed by atoms with E-state index in [1.165, 1.54) is 14.0 Å². The van der Waals surface area contributed by atoms with E-state index in [0.717, 1.165) is 10.6 Å². The first-order valence-corrected chi connectivity index (χ1v) is 13.8. The highest BCUT2D eigenvalue weighted by Crippen LogP contribution is 2.47. The van der Waals surface area contributed by atoms with Crippen molar-refractivity contribution in [2.45, 2.75) is 56.9 Å². The molecule has 12 nitrogen and oxygen atoms in total. The highest BCUT2D eigenvalue weighted by Gasteiger charge is 2.53. The highest BCUT2D eigenvalue weighted by atomic mass is 35.5. The Morgan fingerprint density at radius 3 is 2.58 bits per heavy atom. The van der Waals surface area contributed by atoms with Gasteiger partial charge in [0.25, 0.3) is 5.56 Å². The van der Waals surface area contributed by atoms with Crippen molar-refractivity contribution in [1.82, 2.24) is 14.6 Å². The monoisotopic (exact) mass is 571 g/mol. The first kappa shape index (κ1) is 30.1. The molecule has 1 unspecified atom stereocenters. The summed E-state index contributed by atoms with van der Waals surface area (Å²) in [4.78, 5) is 38.0. The van der Waals surface area contributed by atoms with E-state index in [4.69, 9.17) is 30.1 Å². The van der Waals surface area contributed by atoms with Crippen LogP contribution in [0.25, 0.3) is 0 Å². The quantitative estimate of drug-likeness (QED) is 0.163. The van der Waals surface area contributed by atoms with Crippen LogP contribution in [0.5, 0.6) is 5.75 Å². The van der Waals surface area contributed by atoms with Crippen LogP contribution in [0, 0.1) is 5.41 Å². The zero-order chi connectivity index (χ0) is 28.3. The number of para-hydroxylation sites is 1. The number of hydrogen-bond donors (Lipinski definition) is 3. The number of carbonyl (C=O) groups is 1. The van der Waals surface area contributed by atoms with E-state index in [-0.39, 0.29) is 12.4 Å². The summed E-state index contributed by atoms with van der Waals surface area (Å²) in [5, 5.41) is 13.6. The Balaban J connectivity index is 1.75. The van der Waals surface area contributed by atoms with Crippen molar-refractivity contribution in [1.29, 1.82) is 0 Å². The van der Waals surface area contributed by atoms with Crippen molar-refractivity contribution in [2.24, 2.45) is 5.41 Å². The third-order valence-corrected chi connectivity index (χ3v) is 7.76. The van der Waals surface area contributed by atoms with Crippen LogP contribution in [-0.4, -0.2) is 64.7 Å². The average Bonchev–Trinajstić information content (AvgIpc) is 3.04. The minimum Gasteiger partial charge on any atom is -0.464 e. The average molecular weight is 572 g/mol. The van der Waals surface area contributed by atoms with Crippen molar-refractivity contribution in [3.8, 4) is 5.75 Å². The van der Waals surface area contributed by atoms with Crippen LogP contribution >= 0.6 is 19.3 Å². The van der Waals surface area contributed by atoms with Crippen molar-refractivity contribution in [3.05, 3.63) is 63.4 Å². The van der Waals surface area contributed by atoms with Crippen LogP contribution in [0.3, 0.4) is 0 Å². The van der Waals surface area contributed by atoms with Crippen LogP contribution in [0.15, 0.2) is 52.2 Å². The Morgan fingerprint density at radius 1 is 1.32 bits per heavy atom. The Hall–Kier alpha value is -2.41. The molecule has 15 heteroatoms. The molecule has 0 saturated carbocycles. The summed E-state index contributed by atoms with van der Waals surface area (Å²) in [5.74, 6) is -0.187. The molecule has 0 aliphatic carbocycles. The number of aromatic nitrogens is 2. The maximum absolute atomic E-state index is 13.7. The number of alkyl halides is 1. The molecule has 208 valence electrons. The van der Waals surface area contributed by atoms with Crippen LogP contribution in [0.4, 0.5) is 0 Å². The van der Waals surface area contributed by atoms with E-state index in [0.29, 0.717) is 0 Å². The molecule has 1 aromatic heterocycles. The van der Waals surface area contributed by atoms with Gasteiger partial charge in [0.05, 0.1) is 22.9 Å². The van der Waals surface area contributed by atoms with Crippen LogP contribution in [0.2, 0.25) is 0 Å². The summed E-state index contributed by atoms with van der Waals surface area (Å²) in [5.41, 5.74) is -2.09. The molecule has 0 radical (unpaired) electrons. The number of nitrogens with zero attached hydrogens (tertiary/aromatic N) is 1. The van der Waals surface area contributed by atoms with E-state index in [2.05, 4.69) is 10.1 Å². The van der Waals surface area contributed by atoms with Gasteiger partial charge in [0, 0.05) is 18.3 Å². The molecule has 1 aliphatic rings. The van der Waals surface area contributed by atoms with Gasteiger partial charge in [-0.1, -0.05) is 18.2 Å². The molecule has 0 bridgehead atoms. The number of carbonyl (C=O) groups excluding carboxylic acids is 1. The number of halogens is 1. The second kappa shape index (κ2) is 11.8. The van der Waals surface area contributed by atoms with Crippen LogP contribution < -0.4 is 20.9 Å². The van der Waals surface area contributed by atoms with Crippen molar-refractivity contribution < 1.29 is 33.0 Å². The molecule has 0 spiro atoms. The summed E-state index contributed by atoms with van der Waals surface area (Å²) in [6.45, 7) is 6.23. The number of aliphatic hydroxyl groups excluding tert-OH is 1. The number of nitrogens with one attached hydrogen (secondary N) is 2. The normalized spacial score (nSPS) is 25.9. The van der Waals surface area contributed by atoms with E-state index in [9.17, 15) is 24.1 Å². The van der Waals surface area contributed by atoms with Gasteiger partial charge in [0.15, 0.2) is 6.23 Å². The Bertz CT molecular complexity index is 1280. The number of hydrogen-bond acceptors (Lipinski definition) is 9. The van der Waals surface area contributed by atoms with Gasteiger partial charge in [-0.2, -0.15) is 0 Å². The molecule has 38 heavy (non-hydrogen) atoms. The van der Waals surface area contributed by atoms with Gasteiger partial charge in [0.1, 0.15) is 26.3 Å². The number of benzene rings is 1. The molecule has 1 fully saturated rings. The molecule has 6 atom stereocenters. The third kappa shape index (κ3) is 7.37. The Morgan fingerprint density at radius 2 is 1.97 bits per heavy atom. The van der Waals surface area contributed by atoms with Gasteiger partial charge in [-0.05, 0) is 39.8 Å². The number of rotatable bonds is 10. The zero-order valence-corrected chi connectivity index (χ0v) is 23.4. The summed E-state index contributed by atoms with van der Waals surface area (Å²) in [7, 11) is -2.65. The predicted molar refractivity (Wildman–Crippen MR) is 142 cm³/mol. The number of ether oxygens (including phenoxy) is 2. The number of esters is 1. The minimum atomic E-state index is -4.12. The van der Waals surface area contributed by atoms with Gasteiger partial charge in [0.2, 0.25) is 0 Å². The number of aliphatic hydroxyl groups is 1. The molecule has 1 aliphatic heterocycles. The molecular weight excluding hydrogens is 540 g/mol. The zero-order valence-electron chi connectivity index (χ0n) is 21.8. The molecule has 2 heterocycles. The minimum absolute atomic E-state index is 0.110. The van der Waals surface area contributed by atoms with Crippen molar-refractivity contribution in [2.75, 3.05) is 13.2 Å². The predicted octanol–water partition coefficient (Wildman–Crippen LogP) is 1.13. The standard InChI is InChI=1S/C23H32BClN3O9P/c1-14(12-34-20(31)22(2,3)4)27-38(33,37-15-8-6-5-7-9-15)35-13-16-18(30)23(24,25)19(36-16)28-11-10-17(29)26-21(28)32/h5-11,14,16,18-19,30H,12-13,24H2,1-4H3,(H,27,33)(H,26,29,32)/t14-,16+,18+,19+,23-,38?/m0/s1.